The molecule has 0 aliphatic heterocycles. The number of halogens is 2. The van der Waals surface area contributed by atoms with Crippen LogP contribution in [0.4, 0.5) is 4.39 Å². The second-order valence-corrected chi connectivity index (χ2v) is 4.15. The molecule has 17 heavy (non-hydrogen) atoms. The SMILES string of the molecule is Cc1ccoc1C(=O)C(Cl)c1ccc(F)cc1. The molecule has 88 valence electrons. The third kappa shape index (κ3) is 2.39. The smallest absolute Gasteiger partial charge is 0.220 e. The van der Waals surface area contributed by atoms with Crippen LogP contribution in [-0.2, 0) is 0 Å². The molecule has 0 aliphatic carbocycles. The van der Waals surface area contributed by atoms with E-state index in [9.17, 15) is 9.18 Å². The predicted octanol–water partition coefficient (Wildman–Crippen LogP) is 3.89. The molecule has 0 fully saturated rings. The zero-order valence-corrected chi connectivity index (χ0v) is 9.87. The summed E-state index contributed by atoms with van der Waals surface area (Å²) in [5.41, 5.74) is 1.29. The molecule has 1 aromatic carbocycles. The summed E-state index contributed by atoms with van der Waals surface area (Å²) >= 11 is 6.04. The molecular formula is C13H10ClFO2. The van der Waals surface area contributed by atoms with Crippen molar-refractivity contribution in [2.75, 3.05) is 0 Å². The molecule has 1 heterocycles. The van der Waals surface area contributed by atoms with Gasteiger partial charge in [0.2, 0.25) is 5.78 Å². The van der Waals surface area contributed by atoms with Crippen LogP contribution in [-0.4, -0.2) is 5.78 Å². The molecule has 2 aromatic rings. The molecule has 1 unspecified atom stereocenters. The maximum Gasteiger partial charge on any atom is 0.220 e. The van der Waals surface area contributed by atoms with Crippen LogP contribution in [0.25, 0.3) is 0 Å². The first-order chi connectivity index (χ1) is 8.09. The lowest BCUT2D eigenvalue weighted by atomic mass is 10.1. The highest BCUT2D eigenvalue weighted by atomic mass is 35.5. The highest BCUT2D eigenvalue weighted by molar-refractivity contribution is 6.33. The minimum Gasteiger partial charge on any atom is -0.461 e. The van der Waals surface area contributed by atoms with Crippen molar-refractivity contribution in [2.45, 2.75) is 12.3 Å². The van der Waals surface area contributed by atoms with E-state index in [2.05, 4.69) is 0 Å². The Morgan fingerprint density at radius 2 is 1.94 bits per heavy atom. The van der Waals surface area contributed by atoms with E-state index in [4.69, 9.17) is 16.0 Å². The second-order valence-electron chi connectivity index (χ2n) is 3.71. The molecule has 0 amide bonds. The third-order valence-corrected chi connectivity index (χ3v) is 2.93. The van der Waals surface area contributed by atoms with Crippen molar-refractivity contribution in [1.82, 2.24) is 0 Å². The second kappa shape index (κ2) is 4.72. The van der Waals surface area contributed by atoms with E-state index >= 15 is 0 Å². The number of furan rings is 1. The van der Waals surface area contributed by atoms with Gasteiger partial charge in [-0.15, -0.1) is 11.6 Å². The number of carbonyl (C=O) groups excluding carboxylic acids is 1. The van der Waals surface area contributed by atoms with Crippen molar-refractivity contribution in [2.24, 2.45) is 0 Å². The average molecular weight is 253 g/mol. The third-order valence-electron chi connectivity index (χ3n) is 2.48. The Kier molecular flexibility index (Phi) is 3.29. The summed E-state index contributed by atoms with van der Waals surface area (Å²) in [6.45, 7) is 1.77. The lowest BCUT2D eigenvalue weighted by Crippen LogP contribution is -2.07. The summed E-state index contributed by atoms with van der Waals surface area (Å²) in [5, 5.41) is -0.861. The number of Topliss-reactive ketones (excluding diaryl/α,β-unsaturated/α-hetero) is 1. The van der Waals surface area contributed by atoms with E-state index in [1.54, 1.807) is 13.0 Å². The topological polar surface area (TPSA) is 30.2 Å². The van der Waals surface area contributed by atoms with Crippen LogP contribution in [0.15, 0.2) is 41.0 Å². The lowest BCUT2D eigenvalue weighted by molar-refractivity contribution is 0.0959. The summed E-state index contributed by atoms with van der Waals surface area (Å²) < 4.78 is 17.8. The van der Waals surface area contributed by atoms with E-state index < -0.39 is 5.38 Å². The maximum atomic E-state index is 12.7. The molecule has 0 spiro atoms. The summed E-state index contributed by atoms with van der Waals surface area (Å²) in [6, 6.07) is 7.22. The van der Waals surface area contributed by atoms with Crippen molar-refractivity contribution in [1.29, 1.82) is 0 Å². The van der Waals surface area contributed by atoms with E-state index in [1.165, 1.54) is 30.5 Å². The standard InChI is InChI=1S/C13H10ClFO2/c1-8-6-7-17-13(8)12(16)11(14)9-2-4-10(15)5-3-9/h2-7,11H,1H3. The molecule has 4 heteroatoms. The lowest BCUT2D eigenvalue weighted by Gasteiger charge is -2.07. The van der Waals surface area contributed by atoms with Gasteiger partial charge in [-0.3, -0.25) is 4.79 Å². The van der Waals surface area contributed by atoms with Gasteiger partial charge in [0.1, 0.15) is 11.2 Å². The highest BCUT2D eigenvalue weighted by Crippen LogP contribution is 2.26. The Labute approximate surface area is 103 Å². The number of rotatable bonds is 3. The fraction of sp³-hybridized carbons (Fsp3) is 0.154. The summed E-state index contributed by atoms with van der Waals surface area (Å²) in [7, 11) is 0. The van der Waals surface area contributed by atoms with Gasteiger partial charge in [-0.25, -0.2) is 4.39 Å². The molecule has 0 bridgehead atoms. The van der Waals surface area contributed by atoms with Crippen molar-refractivity contribution in [3.05, 3.63) is 59.3 Å². The van der Waals surface area contributed by atoms with Gasteiger partial charge in [0, 0.05) is 0 Å². The first kappa shape index (κ1) is 11.9. The summed E-state index contributed by atoms with van der Waals surface area (Å²) in [4.78, 5) is 12.0. The molecule has 1 atom stereocenters. The Morgan fingerprint density at radius 3 is 2.47 bits per heavy atom. The quantitative estimate of drug-likeness (QED) is 0.613. The summed E-state index contributed by atoms with van der Waals surface area (Å²) in [5.74, 6) is -0.436. The molecule has 0 saturated carbocycles. The van der Waals surface area contributed by atoms with Crippen molar-refractivity contribution < 1.29 is 13.6 Å². The molecule has 2 rings (SSSR count). The number of hydrogen-bond acceptors (Lipinski definition) is 2. The molecule has 0 saturated heterocycles. The Balaban J connectivity index is 2.26. The molecule has 0 N–H and O–H groups in total. The van der Waals surface area contributed by atoms with Crippen molar-refractivity contribution in [3.63, 3.8) is 0 Å². The fourth-order valence-corrected chi connectivity index (χ4v) is 1.77. The normalized spacial score (nSPS) is 12.4. The minimum absolute atomic E-state index is 0.245. The van der Waals surface area contributed by atoms with Crippen LogP contribution in [0.5, 0.6) is 0 Å². The first-order valence-corrected chi connectivity index (χ1v) is 5.51. The predicted molar refractivity (Wildman–Crippen MR) is 62.8 cm³/mol. The van der Waals surface area contributed by atoms with Crippen LogP contribution in [0.1, 0.15) is 27.1 Å². The Morgan fingerprint density at radius 1 is 1.29 bits per heavy atom. The van der Waals surface area contributed by atoms with Gasteiger partial charge >= 0.3 is 0 Å². The number of benzene rings is 1. The van der Waals surface area contributed by atoms with E-state index in [1.807, 2.05) is 0 Å². The summed E-state index contributed by atoms with van der Waals surface area (Å²) in [6.07, 6.45) is 1.44. The van der Waals surface area contributed by atoms with Gasteiger partial charge in [-0.1, -0.05) is 12.1 Å². The van der Waals surface area contributed by atoms with Gasteiger partial charge in [0.05, 0.1) is 6.26 Å². The average Bonchev–Trinajstić information content (AvgIpc) is 2.74. The molecule has 0 aliphatic rings. The van der Waals surface area contributed by atoms with Gasteiger partial charge in [0.25, 0.3) is 0 Å². The van der Waals surface area contributed by atoms with Crippen LogP contribution in [0, 0.1) is 12.7 Å². The van der Waals surface area contributed by atoms with Gasteiger partial charge in [-0.2, -0.15) is 0 Å². The highest BCUT2D eigenvalue weighted by Gasteiger charge is 2.23. The molecule has 1 aromatic heterocycles. The zero-order chi connectivity index (χ0) is 12.4. The number of aryl methyl sites for hydroxylation is 1. The maximum absolute atomic E-state index is 12.7. The number of hydrogen-bond donors (Lipinski definition) is 0. The molecule has 2 nitrogen and oxygen atoms in total. The fourth-order valence-electron chi connectivity index (χ4n) is 1.52. The number of ketones is 1. The van der Waals surface area contributed by atoms with Gasteiger partial charge < -0.3 is 4.42 Å². The van der Waals surface area contributed by atoms with E-state index in [-0.39, 0.29) is 17.4 Å². The van der Waals surface area contributed by atoms with Gasteiger partial charge in [-0.05, 0) is 36.2 Å². The van der Waals surface area contributed by atoms with Gasteiger partial charge in [0.15, 0.2) is 5.76 Å². The Hall–Kier alpha value is -1.61. The monoisotopic (exact) mass is 252 g/mol. The number of alkyl halides is 1. The molecule has 0 radical (unpaired) electrons. The van der Waals surface area contributed by atoms with E-state index in [0.29, 0.717) is 5.56 Å². The van der Waals surface area contributed by atoms with Crippen molar-refractivity contribution in [3.8, 4) is 0 Å². The zero-order valence-electron chi connectivity index (χ0n) is 9.11. The minimum atomic E-state index is -0.861. The van der Waals surface area contributed by atoms with E-state index in [0.717, 1.165) is 5.56 Å². The van der Waals surface area contributed by atoms with Crippen LogP contribution < -0.4 is 0 Å². The van der Waals surface area contributed by atoms with Crippen LogP contribution in [0.2, 0.25) is 0 Å². The largest absolute Gasteiger partial charge is 0.461 e. The van der Waals surface area contributed by atoms with Crippen LogP contribution in [0.3, 0.4) is 0 Å². The molecular weight excluding hydrogens is 243 g/mol. The first-order valence-electron chi connectivity index (χ1n) is 5.07. The van der Waals surface area contributed by atoms with Crippen molar-refractivity contribution >= 4 is 17.4 Å². The van der Waals surface area contributed by atoms with Crippen LogP contribution >= 0.6 is 11.6 Å². The Bertz CT molecular complexity index is 531. The number of carbonyl (C=O) groups is 1.